The number of fused-ring (bicyclic) bond motifs is 1. The molecule has 6 nitrogen and oxygen atoms in total. The van der Waals surface area contributed by atoms with Crippen molar-refractivity contribution in [3.8, 4) is 5.75 Å². The van der Waals surface area contributed by atoms with E-state index in [9.17, 15) is 0 Å². The first-order valence-electron chi connectivity index (χ1n) is 13.5. The fourth-order valence-corrected chi connectivity index (χ4v) is 4.18. The standard InChI is InChI=1S/C29H47N5O/c1-5-8-11-18-31-26(7-3)16-19-32-28-22-34-29-27(35-28)20-25(21-33-29)24(12-6-2)14-10-9-13-23(4)15-17-30/h9,13-15,17,20-21,26,28,30-32H,5-8,10-12,16,18-19,22H2,1-4H3,(H,33,34)/b13-9-,23-15+,24-14+,30-17?. The van der Waals surface area contributed by atoms with E-state index in [1.165, 1.54) is 31.1 Å². The number of hydrogen-bond acceptors (Lipinski definition) is 6. The normalized spacial score (nSPS) is 17.1. The van der Waals surface area contributed by atoms with Gasteiger partial charge in [0.25, 0.3) is 0 Å². The topological polar surface area (TPSA) is 82.1 Å². The molecule has 0 spiro atoms. The molecule has 0 aromatic carbocycles. The SMILES string of the molecule is CCCCCNC(CC)CCNC1CNc2ncc(/C(=C/C/C=C\C(C)=C\C=N)CCC)cc2O1. The van der Waals surface area contributed by atoms with E-state index in [2.05, 4.69) is 66.0 Å². The highest BCUT2D eigenvalue weighted by molar-refractivity contribution is 5.70. The van der Waals surface area contributed by atoms with Crippen LogP contribution in [-0.4, -0.2) is 43.1 Å². The average molecular weight is 482 g/mol. The van der Waals surface area contributed by atoms with Crippen molar-refractivity contribution in [2.75, 3.05) is 25.0 Å². The molecule has 0 saturated heterocycles. The molecule has 2 atom stereocenters. The molecule has 1 aromatic rings. The second-order valence-corrected chi connectivity index (χ2v) is 9.26. The third-order valence-corrected chi connectivity index (χ3v) is 6.27. The molecule has 0 bridgehead atoms. The Kier molecular flexibility index (Phi) is 14.0. The predicted octanol–water partition coefficient (Wildman–Crippen LogP) is 6.48. The van der Waals surface area contributed by atoms with Crippen LogP contribution in [-0.2, 0) is 0 Å². The maximum absolute atomic E-state index is 7.16. The number of anilines is 1. The van der Waals surface area contributed by atoms with E-state index >= 15 is 0 Å². The molecule has 0 amide bonds. The Balaban J connectivity index is 1.93. The maximum Gasteiger partial charge on any atom is 0.169 e. The summed E-state index contributed by atoms with van der Waals surface area (Å²) in [5.41, 5.74) is 3.49. The van der Waals surface area contributed by atoms with E-state index in [4.69, 9.17) is 10.1 Å². The van der Waals surface area contributed by atoms with Gasteiger partial charge in [0.1, 0.15) is 0 Å². The van der Waals surface area contributed by atoms with Gasteiger partial charge in [-0.15, -0.1) is 0 Å². The van der Waals surface area contributed by atoms with Gasteiger partial charge < -0.3 is 20.8 Å². The molecule has 1 aliphatic rings. The molecule has 1 aliphatic heterocycles. The van der Waals surface area contributed by atoms with Crippen LogP contribution >= 0.6 is 0 Å². The molecular weight excluding hydrogens is 434 g/mol. The van der Waals surface area contributed by atoms with Gasteiger partial charge in [-0.05, 0) is 74.4 Å². The van der Waals surface area contributed by atoms with E-state index < -0.39 is 0 Å². The van der Waals surface area contributed by atoms with E-state index in [1.807, 2.05) is 13.1 Å². The summed E-state index contributed by atoms with van der Waals surface area (Å²) in [6, 6.07) is 2.68. The smallest absolute Gasteiger partial charge is 0.169 e. The molecule has 6 heteroatoms. The van der Waals surface area contributed by atoms with Crippen molar-refractivity contribution in [2.45, 2.75) is 91.3 Å². The molecule has 0 aliphatic carbocycles. The number of ether oxygens (including phenoxy) is 1. The minimum Gasteiger partial charge on any atom is -0.470 e. The molecule has 194 valence electrons. The van der Waals surface area contributed by atoms with Gasteiger partial charge in [-0.2, -0.15) is 0 Å². The second-order valence-electron chi connectivity index (χ2n) is 9.26. The number of unbranched alkanes of at least 4 members (excludes halogenated alkanes) is 2. The third-order valence-electron chi connectivity index (χ3n) is 6.27. The van der Waals surface area contributed by atoms with Gasteiger partial charge in [-0.1, -0.05) is 58.3 Å². The largest absolute Gasteiger partial charge is 0.470 e. The minimum absolute atomic E-state index is 0.0534. The van der Waals surface area contributed by atoms with Crippen LogP contribution in [0, 0.1) is 5.41 Å². The number of aromatic nitrogens is 1. The van der Waals surface area contributed by atoms with Crippen LogP contribution in [0.15, 0.2) is 42.1 Å². The van der Waals surface area contributed by atoms with Crippen molar-refractivity contribution in [1.29, 1.82) is 5.41 Å². The van der Waals surface area contributed by atoms with Gasteiger partial charge in [0.05, 0.1) is 6.54 Å². The number of rotatable bonds is 17. The first-order chi connectivity index (χ1) is 17.1. The average Bonchev–Trinajstić information content (AvgIpc) is 2.87. The third kappa shape index (κ3) is 10.8. The van der Waals surface area contributed by atoms with Crippen LogP contribution in [0.25, 0.3) is 5.57 Å². The number of allylic oxidation sites excluding steroid dienone is 6. The highest BCUT2D eigenvalue weighted by atomic mass is 16.5. The fraction of sp³-hybridized carbons (Fsp3) is 0.586. The monoisotopic (exact) mass is 481 g/mol. The second kappa shape index (κ2) is 17.1. The minimum atomic E-state index is -0.0534. The Bertz CT molecular complexity index is 845. The highest BCUT2D eigenvalue weighted by Crippen LogP contribution is 2.31. The Morgan fingerprint density at radius 3 is 2.86 bits per heavy atom. The van der Waals surface area contributed by atoms with Gasteiger partial charge in [0.2, 0.25) is 0 Å². The summed E-state index contributed by atoms with van der Waals surface area (Å²) >= 11 is 0. The zero-order chi connectivity index (χ0) is 25.3. The highest BCUT2D eigenvalue weighted by Gasteiger charge is 2.21. The molecule has 0 saturated carbocycles. The summed E-state index contributed by atoms with van der Waals surface area (Å²) < 4.78 is 6.29. The molecule has 0 fully saturated rings. The summed E-state index contributed by atoms with van der Waals surface area (Å²) in [7, 11) is 0. The van der Waals surface area contributed by atoms with Crippen LogP contribution in [0.3, 0.4) is 0 Å². The van der Waals surface area contributed by atoms with Crippen molar-refractivity contribution >= 4 is 17.6 Å². The molecule has 1 aromatic heterocycles. The molecule has 35 heavy (non-hydrogen) atoms. The molecule has 2 heterocycles. The van der Waals surface area contributed by atoms with Crippen LogP contribution < -0.4 is 20.7 Å². The molecule has 2 unspecified atom stereocenters. The van der Waals surface area contributed by atoms with Crippen molar-refractivity contribution in [3.63, 3.8) is 0 Å². The molecule has 0 radical (unpaired) electrons. The van der Waals surface area contributed by atoms with Crippen molar-refractivity contribution in [3.05, 3.63) is 47.7 Å². The van der Waals surface area contributed by atoms with E-state index in [0.29, 0.717) is 12.6 Å². The first-order valence-corrected chi connectivity index (χ1v) is 13.5. The lowest BCUT2D eigenvalue weighted by Gasteiger charge is -2.28. The first kappa shape index (κ1) is 28.8. The van der Waals surface area contributed by atoms with Gasteiger partial charge in [-0.3, -0.25) is 5.32 Å². The van der Waals surface area contributed by atoms with Gasteiger partial charge in [0.15, 0.2) is 17.8 Å². The van der Waals surface area contributed by atoms with E-state index in [1.54, 1.807) is 6.08 Å². The molecular formula is C29H47N5O. The Morgan fingerprint density at radius 2 is 2.11 bits per heavy atom. The fourth-order valence-electron chi connectivity index (χ4n) is 4.18. The molecule has 2 rings (SSSR count). The van der Waals surface area contributed by atoms with E-state index in [0.717, 1.165) is 67.9 Å². The summed E-state index contributed by atoms with van der Waals surface area (Å²) in [4.78, 5) is 4.64. The Morgan fingerprint density at radius 1 is 1.26 bits per heavy atom. The van der Waals surface area contributed by atoms with Crippen LogP contribution in [0.5, 0.6) is 5.75 Å². The summed E-state index contributed by atoms with van der Waals surface area (Å²) in [6.07, 6.45) is 20.5. The Labute approximate surface area is 213 Å². The zero-order valence-corrected chi connectivity index (χ0v) is 22.3. The lowest BCUT2D eigenvalue weighted by Crippen LogP contribution is -2.45. The number of nitrogens with one attached hydrogen (secondary N) is 4. The van der Waals surface area contributed by atoms with E-state index in [-0.39, 0.29) is 6.23 Å². The number of nitrogens with zero attached hydrogens (tertiary/aromatic N) is 1. The van der Waals surface area contributed by atoms with Crippen molar-refractivity contribution < 1.29 is 4.74 Å². The zero-order valence-electron chi connectivity index (χ0n) is 22.3. The quantitative estimate of drug-likeness (QED) is 0.116. The van der Waals surface area contributed by atoms with Gasteiger partial charge >= 0.3 is 0 Å². The molecule has 4 N–H and O–H groups in total. The Hall–Kier alpha value is -2.44. The van der Waals surface area contributed by atoms with Crippen LogP contribution in [0.4, 0.5) is 5.82 Å². The summed E-state index contributed by atoms with van der Waals surface area (Å²) in [5.74, 6) is 1.64. The maximum atomic E-state index is 7.16. The lowest BCUT2D eigenvalue weighted by molar-refractivity contribution is 0.165. The van der Waals surface area contributed by atoms with Gasteiger partial charge in [0, 0.05) is 25.0 Å². The van der Waals surface area contributed by atoms with Crippen molar-refractivity contribution in [1.82, 2.24) is 15.6 Å². The summed E-state index contributed by atoms with van der Waals surface area (Å²) in [6.45, 7) is 11.5. The van der Waals surface area contributed by atoms with Crippen LogP contribution in [0.1, 0.15) is 84.6 Å². The summed E-state index contributed by atoms with van der Waals surface area (Å²) in [5, 5.41) is 17.8. The van der Waals surface area contributed by atoms with Gasteiger partial charge in [-0.25, -0.2) is 4.98 Å². The number of pyridine rings is 1. The number of hydrogen-bond donors (Lipinski definition) is 4. The van der Waals surface area contributed by atoms with Crippen LogP contribution in [0.2, 0.25) is 0 Å². The predicted molar refractivity (Wildman–Crippen MR) is 151 cm³/mol. The lowest BCUT2D eigenvalue weighted by atomic mass is 10.0. The van der Waals surface area contributed by atoms with Crippen molar-refractivity contribution in [2.24, 2.45) is 0 Å².